The maximum atomic E-state index is 12.0. The number of amides is 1. The second kappa shape index (κ2) is 6.63. The topological polar surface area (TPSA) is 105 Å². The summed E-state index contributed by atoms with van der Waals surface area (Å²) in [6.07, 6.45) is 1.26. The van der Waals surface area contributed by atoms with Crippen molar-refractivity contribution < 1.29 is 14.7 Å². The molecular formula is C12H19N3O3S. The third-order valence-electron chi connectivity index (χ3n) is 3.11. The number of carboxylic acid groups (broad SMARTS) is 1. The van der Waals surface area contributed by atoms with E-state index in [4.69, 9.17) is 5.73 Å². The van der Waals surface area contributed by atoms with Crippen LogP contribution >= 0.6 is 11.3 Å². The number of nitrogens with zero attached hydrogens (tertiary/aromatic N) is 1. The number of hydrogen-bond acceptors (Lipinski definition) is 5. The lowest BCUT2D eigenvalue weighted by molar-refractivity contribution is -0.144. The summed E-state index contributed by atoms with van der Waals surface area (Å²) in [7, 11) is 0. The van der Waals surface area contributed by atoms with E-state index in [0.29, 0.717) is 25.8 Å². The Hall–Kier alpha value is -1.47. The van der Waals surface area contributed by atoms with Gasteiger partial charge in [0, 0.05) is 11.8 Å². The van der Waals surface area contributed by atoms with Gasteiger partial charge in [-0.2, -0.15) is 0 Å². The molecule has 1 amide bonds. The van der Waals surface area contributed by atoms with E-state index in [1.54, 1.807) is 19.2 Å². The van der Waals surface area contributed by atoms with Crippen LogP contribution in [0.1, 0.15) is 42.2 Å². The zero-order valence-electron chi connectivity index (χ0n) is 11.1. The van der Waals surface area contributed by atoms with Crippen LogP contribution in [-0.4, -0.2) is 34.1 Å². The Bertz CT molecular complexity index is 455. The molecule has 0 aliphatic carbocycles. The van der Waals surface area contributed by atoms with Gasteiger partial charge in [-0.05, 0) is 19.4 Å². The van der Waals surface area contributed by atoms with Gasteiger partial charge in [0.15, 0.2) is 0 Å². The molecule has 0 unspecified atom stereocenters. The van der Waals surface area contributed by atoms with Crippen molar-refractivity contribution in [2.75, 3.05) is 6.54 Å². The number of hydrogen-bond donors (Lipinski definition) is 3. The molecule has 1 rings (SSSR count). The lowest BCUT2D eigenvalue weighted by Crippen LogP contribution is -2.53. The van der Waals surface area contributed by atoms with Gasteiger partial charge >= 0.3 is 5.97 Å². The molecule has 0 atom stereocenters. The Morgan fingerprint density at radius 3 is 2.58 bits per heavy atom. The Morgan fingerprint density at radius 2 is 2.11 bits per heavy atom. The minimum absolute atomic E-state index is 0.251. The first-order valence-electron chi connectivity index (χ1n) is 6.19. The average molecular weight is 285 g/mol. The zero-order chi connectivity index (χ0) is 14.5. The highest BCUT2D eigenvalue weighted by Gasteiger charge is 2.37. The normalized spacial score (nSPS) is 11.3. The number of carboxylic acids is 1. The van der Waals surface area contributed by atoms with E-state index in [1.807, 2.05) is 0 Å². The summed E-state index contributed by atoms with van der Waals surface area (Å²) in [5.74, 6) is -1.48. The van der Waals surface area contributed by atoms with E-state index in [9.17, 15) is 14.7 Å². The van der Waals surface area contributed by atoms with Crippen molar-refractivity contribution >= 4 is 23.2 Å². The molecule has 0 aromatic carbocycles. The molecule has 0 saturated heterocycles. The third kappa shape index (κ3) is 3.51. The number of thiazole rings is 1. The van der Waals surface area contributed by atoms with E-state index in [-0.39, 0.29) is 5.69 Å². The molecule has 0 aliphatic rings. The molecule has 7 heteroatoms. The minimum atomic E-state index is -1.23. The van der Waals surface area contributed by atoms with E-state index >= 15 is 0 Å². The van der Waals surface area contributed by atoms with Crippen molar-refractivity contribution in [1.29, 1.82) is 0 Å². The number of carbonyl (C=O) groups is 2. The smallest absolute Gasteiger partial charge is 0.329 e. The summed E-state index contributed by atoms with van der Waals surface area (Å²) in [6.45, 7) is 3.94. The van der Waals surface area contributed by atoms with Crippen molar-refractivity contribution in [2.24, 2.45) is 5.73 Å². The van der Waals surface area contributed by atoms with Crippen LogP contribution in [0.25, 0.3) is 0 Å². The van der Waals surface area contributed by atoms with Gasteiger partial charge in [-0.3, -0.25) is 4.79 Å². The van der Waals surface area contributed by atoms with Crippen molar-refractivity contribution in [3.05, 3.63) is 16.1 Å². The van der Waals surface area contributed by atoms with Gasteiger partial charge < -0.3 is 16.2 Å². The van der Waals surface area contributed by atoms with Gasteiger partial charge in [0.05, 0.1) is 5.01 Å². The molecule has 0 fully saturated rings. The van der Waals surface area contributed by atoms with Gasteiger partial charge in [-0.1, -0.05) is 13.8 Å². The standard InChI is InChI=1S/C12H19N3O3S/c1-3-12(4-2,11(17)18)15-10(16)8-7-19-9(14-8)5-6-13/h7H,3-6,13H2,1-2H3,(H,15,16)(H,17,18). The fourth-order valence-corrected chi connectivity index (χ4v) is 2.51. The molecule has 0 spiro atoms. The maximum Gasteiger partial charge on any atom is 0.329 e. The first-order chi connectivity index (χ1) is 8.99. The second-order valence-corrected chi connectivity index (χ2v) is 5.16. The largest absolute Gasteiger partial charge is 0.480 e. The molecule has 0 saturated carbocycles. The van der Waals surface area contributed by atoms with E-state index < -0.39 is 17.4 Å². The number of nitrogens with two attached hydrogens (primary N) is 1. The highest BCUT2D eigenvalue weighted by atomic mass is 32.1. The quantitative estimate of drug-likeness (QED) is 0.693. The number of carbonyl (C=O) groups excluding carboxylic acids is 1. The Kier molecular flexibility index (Phi) is 5.44. The molecule has 4 N–H and O–H groups in total. The van der Waals surface area contributed by atoms with Crippen molar-refractivity contribution in [3.8, 4) is 0 Å². The van der Waals surface area contributed by atoms with Crippen LogP contribution in [0.15, 0.2) is 5.38 Å². The molecular weight excluding hydrogens is 266 g/mol. The Morgan fingerprint density at radius 1 is 1.47 bits per heavy atom. The summed E-state index contributed by atoms with van der Waals surface area (Å²) in [4.78, 5) is 27.5. The fourth-order valence-electron chi connectivity index (χ4n) is 1.72. The van der Waals surface area contributed by atoms with Crippen molar-refractivity contribution in [2.45, 2.75) is 38.6 Å². The van der Waals surface area contributed by atoms with Crippen LogP contribution in [0.4, 0.5) is 0 Å². The van der Waals surface area contributed by atoms with Crippen molar-refractivity contribution in [1.82, 2.24) is 10.3 Å². The average Bonchev–Trinajstić information content (AvgIpc) is 2.84. The predicted molar refractivity (Wildman–Crippen MR) is 73.3 cm³/mol. The van der Waals surface area contributed by atoms with Crippen LogP contribution < -0.4 is 11.1 Å². The fraction of sp³-hybridized carbons (Fsp3) is 0.583. The molecule has 0 bridgehead atoms. The lowest BCUT2D eigenvalue weighted by atomic mass is 9.93. The van der Waals surface area contributed by atoms with Crippen LogP contribution in [0.3, 0.4) is 0 Å². The molecule has 6 nitrogen and oxygen atoms in total. The second-order valence-electron chi connectivity index (χ2n) is 4.21. The van der Waals surface area contributed by atoms with Gasteiger partial charge in [0.1, 0.15) is 11.2 Å². The lowest BCUT2D eigenvalue weighted by Gasteiger charge is -2.27. The molecule has 0 aliphatic heterocycles. The Balaban J connectivity index is 2.84. The molecule has 1 aromatic heterocycles. The van der Waals surface area contributed by atoms with Gasteiger partial charge in [0.25, 0.3) is 5.91 Å². The van der Waals surface area contributed by atoms with Crippen LogP contribution in [0.2, 0.25) is 0 Å². The molecule has 1 aromatic rings. The molecule has 19 heavy (non-hydrogen) atoms. The number of rotatable bonds is 7. The maximum absolute atomic E-state index is 12.0. The number of nitrogens with one attached hydrogen (secondary N) is 1. The molecule has 106 valence electrons. The highest BCUT2D eigenvalue weighted by molar-refractivity contribution is 7.09. The SMILES string of the molecule is CCC(CC)(NC(=O)c1csc(CCN)n1)C(=O)O. The zero-order valence-corrected chi connectivity index (χ0v) is 11.9. The van der Waals surface area contributed by atoms with Crippen LogP contribution in [0.5, 0.6) is 0 Å². The first-order valence-corrected chi connectivity index (χ1v) is 7.07. The molecule has 1 heterocycles. The summed E-state index contributed by atoms with van der Waals surface area (Å²) < 4.78 is 0. The summed E-state index contributed by atoms with van der Waals surface area (Å²) in [5.41, 5.74) is 4.44. The van der Waals surface area contributed by atoms with E-state index in [0.717, 1.165) is 5.01 Å². The summed E-state index contributed by atoms with van der Waals surface area (Å²) in [6, 6.07) is 0. The predicted octanol–water partition coefficient (Wildman–Crippen LogP) is 1.02. The molecule has 0 radical (unpaired) electrons. The summed E-state index contributed by atoms with van der Waals surface area (Å²) in [5, 5.41) is 14.2. The first kappa shape index (κ1) is 15.6. The van der Waals surface area contributed by atoms with Crippen LogP contribution in [-0.2, 0) is 11.2 Å². The Labute approximate surface area is 116 Å². The number of aromatic nitrogens is 1. The van der Waals surface area contributed by atoms with Gasteiger partial charge in [-0.25, -0.2) is 9.78 Å². The van der Waals surface area contributed by atoms with Crippen LogP contribution in [0, 0.1) is 0 Å². The van der Waals surface area contributed by atoms with Crippen molar-refractivity contribution in [3.63, 3.8) is 0 Å². The highest BCUT2D eigenvalue weighted by Crippen LogP contribution is 2.17. The van der Waals surface area contributed by atoms with E-state index in [1.165, 1.54) is 11.3 Å². The minimum Gasteiger partial charge on any atom is -0.480 e. The van der Waals surface area contributed by atoms with Gasteiger partial charge in [-0.15, -0.1) is 11.3 Å². The number of aliphatic carboxylic acids is 1. The van der Waals surface area contributed by atoms with Gasteiger partial charge in [0.2, 0.25) is 0 Å². The third-order valence-corrected chi connectivity index (χ3v) is 4.02. The monoisotopic (exact) mass is 285 g/mol. The summed E-state index contributed by atoms with van der Waals surface area (Å²) >= 11 is 1.35. The van der Waals surface area contributed by atoms with E-state index in [2.05, 4.69) is 10.3 Å².